The van der Waals surface area contributed by atoms with Crippen LogP contribution in [0, 0.1) is 5.92 Å². The van der Waals surface area contributed by atoms with Crippen LogP contribution in [0.2, 0.25) is 0 Å². The molecule has 0 spiro atoms. The third kappa shape index (κ3) is 11.0. The second-order valence-corrected chi connectivity index (χ2v) is 6.96. The number of nitrogens with two attached hydrogens (primary N) is 3. The molecular formula is C17H32N6O6. The third-order valence-electron chi connectivity index (χ3n) is 4.05. The highest BCUT2D eigenvalue weighted by molar-refractivity contribution is 5.95. The second-order valence-electron chi connectivity index (χ2n) is 6.96. The average molecular weight is 416 g/mol. The van der Waals surface area contributed by atoms with Crippen LogP contribution < -0.4 is 33.2 Å². The van der Waals surface area contributed by atoms with Crippen LogP contribution in [0.3, 0.4) is 0 Å². The van der Waals surface area contributed by atoms with Gasteiger partial charge in [0.2, 0.25) is 23.6 Å². The SMILES string of the molecule is CC(C)C(N)C(=O)NC(CC(N)=O)C(=O)NC(CCCCN)C(=O)NCC(=O)O. The van der Waals surface area contributed by atoms with Gasteiger partial charge >= 0.3 is 5.97 Å². The van der Waals surface area contributed by atoms with Crippen LogP contribution in [-0.2, 0) is 24.0 Å². The Morgan fingerprint density at radius 3 is 2.00 bits per heavy atom. The van der Waals surface area contributed by atoms with E-state index in [9.17, 15) is 24.0 Å². The van der Waals surface area contributed by atoms with Crippen molar-refractivity contribution in [1.82, 2.24) is 16.0 Å². The van der Waals surface area contributed by atoms with Gasteiger partial charge in [0.05, 0.1) is 12.5 Å². The molecule has 0 heterocycles. The minimum atomic E-state index is -1.32. The molecule has 4 amide bonds. The molecule has 0 rings (SSSR count). The fourth-order valence-corrected chi connectivity index (χ4v) is 2.30. The van der Waals surface area contributed by atoms with Crippen molar-refractivity contribution in [1.29, 1.82) is 0 Å². The Hall–Kier alpha value is -2.73. The summed E-state index contributed by atoms with van der Waals surface area (Å²) in [6.07, 6.45) is 0.780. The molecule has 0 aromatic carbocycles. The number of amides is 4. The molecule has 0 radical (unpaired) electrons. The number of unbranched alkanes of at least 4 members (excludes halogenated alkanes) is 1. The van der Waals surface area contributed by atoms with Gasteiger partial charge in [-0.25, -0.2) is 0 Å². The van der Waals surface area contributed by atoms with Crippen molar-refractivity contribution >= 4 is 29.6 Å². The van der Waals surface area contributed by atoms with E-state index in [1.54, 1.807) is 13.8 Å². The highest BCUT2D eigenvalue weighted by Gasteiger charge is 2.29. The summed E-state index contributed by atoms with van der Waals surface area (Å²) in [6.45, 7) is 3.19. The topological polar surface area (TPSA) is 220 Å². The summed E-state index contributed by atoms with van der Waals surface area (Å²) in [5, 5.41) is 15.7. The number of carbonyl (C=O) groups excluding carboxylic acids is 4. The first-order valence-corrected chi connectivity index (χ1v) is 9.33. The van der Waals surface area contributed by atoms with Crippen LogP contribution in [0.25, 0.3) is 0 Å². The first-order chi connectivity index (χ1) is 13.5. The largest absolute Gasteiger partial charge is 0.480 e. The monoisotopic (exact) mass is 416 g/mol. The van der Waals surface area contributed by atoms with E-state index in [1.807, 2.05) is 0 Å². The van der Waals surface area contributed by atoms with Crippen molar-refractivity contribution in [3.05, 3.63) is 0 Å². The molecule has 0 aliphatic heterocycles. The van der Waals surface area contributed by atoms with Crippen molar-refractivity contribution in [3.8, 4) is 0 Å². The first kappa shape index (κ1) is 26.3. The van der Waals surface area contributed by atoms with Crippen molar-refractivity contribution in [2.24, 2.45) is 23.1 Å². The molecule has 0 saturated carbocycles. The van der Waals surface area contributed by atoms with Crippen LogP contribution >= 0.6 is 0 Å². The van der Waals surface area contributed by atoms with E-state index in [1.165, 1.54) is 0 Å². The van der Waals surface area contributed by atoms with E-state index in [2.05, 4.69) is 16.0 Å². The lowest BCUT2D eigenvalue weighted by Gasteiger charge is -2.24. The van der Waals surface area contributed by atoms with Gasteiger partial charge < -0.3 is 38.3 Å². The van der Waals surface area contributed by atoms with E-state index in [0.717, 1.165) is 0 Å². The molecule has 0 bridgehead atoms. The Bertz CT molecular complexity index is 597. The lowest BCUT2D eigenvalue weighted by atomic mass is 10.0. The normalized spacial score (nSPS) is 13.8. The third-order valence-corrected chi connectivity index (χ3v) is 4.05. The van der Waals surface area contributed by atoms with Crippen LogP contribution in [0.15, 0.2) is 0 Å². The fraction of sp³-hybridized carbons (Fsp3) is 0.706. The smallest absolute Gasteiger partial charge is 0.322 e. The van der Waals surface area contributed by atoms with Gasteiger partial charge in [-0.2, -0.15) is 0 Å². The van der Waals surface area contributed by atoms with E-state index in [0.29, 0.717) is 19.4 Å². The summed E-state index contributed by atoms with van der Waals surface area (Å²) >= 11 is 0. The molecule has 0 aromatic rings. The number of hydrogen-bond acceptors (Lipinski definition) is 7. The number of hydrogen-bond donors (Lipinski definition) is 7. The number of carbonyl (C=O) groups is 5. The molecule has 0 fully saturated rings. The minimum Gasteiger partial charge on any atom is -0.480 e. The van der Waals surface area contributed by atoms with E-state index >= 15 is 0 Å². The predicted octanol–water partition coefficient (Wildman–Crippen LogP) is -2.86. The van der Waals surface area contributed by atoms with Gasteiger partial charge in [0.25, 0.3) is 0 Å². The zero-order chi connectivity index (χ0) is 22.6. The maximum atomic E-state index is 12.6. The zero-order valence-corrected chi connectivity index (χ0v) is 16.8. The molecule has 166 valence electrons. The molecule has 12 nitrogen and oxygen atoms in total. The van der Waals surface area contributed by atoms with E-state index in [-0.39, 0.29) is 12.3 Å². The lowest BCUT2D eigenvalue weighted by Crippen LogP contribution is -2.57. The maximum Gasteiger partial charge on any atom is 0.322 e. The highest BCUT2D eigenvalue weighted by Crippen LogP contribution is 2.04. The van der Waals surface area contributed by atoms with Crippen LogP contribution in [0.1, 0.15) is 39.5 Å². The van der Waals surface area contributed by atoms with Gasteiger partial charge in [-0.15, -0.1) is 0 Å². The standard InChI is InChI=1S/C17H32N6O6/c1-9(2)14(20)17(29)23-11(7-12(19)24)16(28)22-10(5-3-4-6-18)15(27)21-8-13(25)26/h9-11,14H,3-8,18,20H2,1-2H3,(H2,19,24)(H,21,27)(H,22,28)(H,23,29)(H,25,26). The van der Waals surface area contributed by atoms with Gasteiger partial charge in [0.15, 0.2) is 0 Å². The Morgan fingerprint density at radius 2 is 1.52 bits per heavy atom. The Morgan fingerprint density at radius 1 is 0.931 bits per heavy atom. The maximum absolute atomic E-state index is 12.6. The molecule has 0 aromatic heterocycles. The molecular weight excluding hydrogens is 384 g/mol. The summed E-state index contributed by atoms with van der Waals surface area (Å²) in [4.78, 5) is 58.9. The van der Waals surface area contributed by atoms with Gasteiger partial charge in [-0.3, -0.25) is 24.0 Å². The number of carboxylic acids is 1. The molecule has 10 N–H and O–H groups in total. The Kier molecular flexibility index (Phi) is 12.2. The molecule has 3 atom stereocenters. The van der Waals surface area contributed by atoms with E-state index in [4.69, 9.17) is 22.3 Å². The zero-order valence-electron chi connectivity index (χ0n) is 16.8. The Labute approximate surface area is 169 Å². The summed E-state index contributed by atoms with van der Waals surface area (Å²) in [7, 11) is 0. The van der Waals surface area contributed by atoms with Gasteiger partial charge in [0, 0.05) is 0 Å². The van der Waals surface area contributed by atoms with Gasteiger partial charge in [-0.05, 0) is 31.7 Å². The quantitative estimate of drug-likeness (QED) is 0.146. The van der Waals surface area contributed by atoms with Gasteiger partial charge in [-0.1, -0.05) is 13.8 Å². The van der Waals surface area contributed by atoms with Crippen molar-refractivity contribution < 1.29 is 29.1 Å². The number of nitrogens with one attached hydrogen (secondary N) is 3. The van der Waals surface area contributed by atoms with Crippen LogP contribution in [0.4, 0.5) is 0 Å². The molecule has 0 aliphatic rings. The van der Waals surface area contributed by atoms with Crippen molar-refractivity contribution in [2.45, 2.75) is 57.7 Å². The number of aliphatic carboxylic acids is 1. The minimum absolute atomic E-state index is 0.192. The molecule has 0 aliphatic carbocycles. The molecule has 3 unspecified atom stereocenters. The first-order valence-electron chi connectivity index (χ1n) is 9.33. The van der Waals surface area contributed by atoms with E-state index < -0.39 is 60.7 Å². The van der Waals surface area contributed by atoms with Gasteiger partial charge in [0.1, 0.15) is 18.6 Å². The highest BCUT2D eigenvalue weighted by atomic mass is 16.4. The molecule has 0 saturated heterocycles. The summed E-state index contributed by atoms with van der Waals surface area (Å²) < 4.78 is 0. The number of primary amides is 1. The average Bonchev–Trinajstić information content (AvgIpc) is 2.63. The lowest BCUT2D eigenvalue weighted by molar-refractivity contribution is -0.139. The number of rotatable bonds is 14. The van der Waals surface area contributed by atoms with Crippen LogP contribution in [-0.4, -0.2) is 65.9 Å². The van der Waals surface area contributed by atoms with Crippen molar-refractivity contribution in [2.75, 3.05) is 13.1 Å². The fourth-order valence-electron chi connectivity index (χ4n) is 2.30. The van der Waals surface area contributed by atoms with Crippen LogP contribution in [0.5, 0.6) is 0 Å². The second kappa shape index (κ2) is 13.4. The predicted molar refractivity (Wildman–Crippen MR) is 104 cm³/mol. The van der Waals surface area contributed by atoms with Crippen molar-refractivity contribution in [3.63, 3.8) is 0 Å². The summed E-state index contributed by atoms with van der Waals surface area (Å²) in [5.41, 5.74) is 16.3. The molecule has 12 heteroatoms. The summed E-state index contributed by atoms with van der Waals surface area (Å²) in [6, 6.07) is -3.30. The Balaban J connectivity index is 5.25. The number of carboxylic acid groups (broad SMARTS) is 1. The molecule has 29 heavy (non-hydrogen) atoms. The summed E-state index contributed by atoms with van der Waals surface area (Å²) in [5.74, 6) is -4.45.